The minimum Gasteiger partial charge on any atom is -0.341 e. The summed E-state index contributed by atoms with van der Waals surface area (Å²) in [5, 5.41) is 7.82. The molecule has 2 heterocycles. The van der Waals surface area contributed by atoms with Crippen LogP contribution in [0.1, 0.15) is 15.2 Å². The predicted octanol–water partition coefficient (Wildman–Crippen LogP) is 2.94. The van der Waals surface area contributed by atoms with Gasteiger partial charge >= 0.3 is 0 Å². The highest BCUT2D eigenvalue weighted by Crippen LogP contribution is 2.26. The van der Waals surface area contributed by atoms with Gasteiger partial charge in [-0.05, 0) is 29.5 Å². The third kappa shape index (κ3) is 2.58. The molecule has 0 aliphatic carbocycles. The van der Waals surface area contributed by atoms with E-state index in [4.69, 9.17) is 0 Å². The summed E-state index contributed by atoms with van der Waals surface area (Å²) in [4.78, 5) is 14.9. The fourth-order valence-electron chi connectivity index (χ4n) is 2.09. The van der Waals surface area contributed by atoms with Crippen LogP contribution >= 0.6 is 11.3 Å². The molecular weight excluding hydrogens is 270 g/mol. The Balaban J connectivity index is 1.71. The Hall–Kier alpha value is -2.14. The molecule has 1 aromatic carbocycles. The Morgan fingerprint density at radius 1 is 1.40 bits per heavy atom. The van der Waals surface area contributed by atoms with Gasteiger partial charge in [0.15, 0.2) is 0 Å². The van der Waals surface area contributed by atoms with Crippen LogP contribution in [-0.2, 0) is 6.42 Å². The van der Waals surface area contributed by atoms with Crippen molar-refractivity contribution in [3.8, 4) is 0 Å². The summed E-state index contributed by atoms with van der Waals surface area (Å²) < 4.78 is 1.15. The van der Waals surface area contributed by atoms with Gasteiger partial charge in [-0.25, -0.2) is 0 Å². The molecule has 0 aliphatic rings. The molecule has 4 nitrogen and oxygen atoms in total. The number of nitrogens with zero attached hydrogens (tertiary/aromatic N) is 2. The molecule has 0 saturated heterocycles. The zero-order chi connectivity index (χ0) is 13.9. The van der Waals surface area contributed by atoms with Gasteiger partial charge in [-0.15, -0.1) is 11.3 Å². The molecule has 0 spiro atoms. The number of aromatic amines is 1. The van der Waals surface area contributed by atoms with E-state index in [0.29, 0.717) is 6.54 Å². The van der Waals surface area contributed by atoms with E-state index < -0.39 is 0 Å². The minimum absolute atomic E-state index is 0.0784. The van der Waals surface area contributed by atoms with E-state index >= 15 is 0 Å². The second kappa shape index (κ2) is 5.46. The van der Waals surface area contributed by atoms with E-state index in [0.717, 1.165) is 26.9 Å². The lowest BCUT2D eigenvalue weighted by Gasteiger charge is -2.15. The molecule has 102 valence electrons. The number of likely N-dealkylation sites (N-methyl/N-ethyl adjacent to an activating group) is 1. The number of hydrogen-bond acceptors (Lipinski definition) is 3. The Morgan fingerprint density at radius 2 is 2.25 bits per heavy atom. The second-order valence-electron chi connectivity index (χ2n) is 4.73. The Bertz CT molecular complexity index is 685. The first-order valence-corrected chi connectivity index (χ1v) is 7.27. The van der Waals surface area contributed by atoms with Crippen molar-refractivity contribution in [3.05, 3.63) is 53.2 Å². The first kappa shape index (κ1) is 12.9. The first-order chi connectivity index (χ1) is 9.74. The second-order valence-corrected chi connectivity index (χ2v) is 5.82. The summed E-state index contributed by atoms with van der Waals surface area (Å²) in [5.41, 5.74) is 1.11. The summed E-state index contributed by atoms with van der Waals surface area (Å²) >= 11 is 1.55. The van der Waals surface area contributed by atoms with E-state index in [1.165, 1.54) is 0 Å². The van der Waals surface area contributed by atoms with Crippen LogP contribution in [0.15, 0.2) is 42.7 Å². The summed E-state index contributed by atoms with van der Waals surface area (Å²) in [6, 6.07) is 10.0. The molecule has 5 heteroatoms. The molecule has 0 saturated carbocycles. The summed E-state index contributed by atoms with van der Waals surface area (Å²) in [7, 11) is 1.84. The largest absolute Gasteiger partial charge is 0.341 e. The van der Waals surface area contributed by atoms with Crippen LogP contribution < -0.4 is 0 Å². The van der Waals surface area contributed by atoms with Crippen LogP contribution in [0, 0.1) is 0 Å². The molecule has 0 unspecified atom stereocenters. The van der Waals surface area contributed by atoms with Gasteiger partial charge in [0.2, 0.25) is 0 Å². The number of fused-ring (bicyclic) bond motifs is 1. The van der Waals surface area contributed by atoms with Crippen molar-refractivity contribution >= 4 is 27.3 Å². The number of H-pyrrole nitrogens is 1. The van der Waals surface area contributed by atoms with Gasteiger partial charge < -0.3 is 4.90 Å². The quantitative estimate of drug-likeness (QED) is 0.801. The molecule has 1 amide bonds. The van der Waals surface area contributed by atoms with E-state index in [9.17, 15) is 4.79 Å². The minimum atomic E-state index is 0.0784. The number of rotatable bonds is 4. The zero-order valence-electron chi connectivity index (χ0n) is 11.2. The van der Waals surface area contributed by atoms with Crippen LogP contribution in [-0.4, -0.2) is 34.6 Å². The van der Waals surface area contributed by atoms with Crippen molar-refractivity contribution < 1.29 is 4.79 Å². The number of hydrogen-bond donors (Lipinski definition) is 1. The Kier molecular flexibility index (Phi) is 3.52. The molecule has 0 radical (unpaired) electrons. The van der Waals surface area contributed by atoms with Crippen molar-refractivity contribution in [2.24, 2.45) is 0 Å². The van der Waals surface area contributed by atoms with Crippen LogP contribution in [0.25, 0.3) is 10.1 Å². The molecule has 0 fully saturated rings. The monoisotopic (exact) mass is 285 g/mol. The molecule has 2 aromatic heterocycles. The van der Waals surface area contributed by atoms with Gasteiger partial charge in [-0.3, -0.25) is 9.89 Å². The fraction of sp³-hybridized carbons (Fsp3) is 0.200. The molecule has 3 aromatic rings. The van der Waals surface area contributed by atoms with Crippen LogP contribution in [0.4, 0.5) is 0 Å². The van der Waals surface area contributed by atoms with Crippen molar-refractivity contribution in [2.45, 2.75) is 6.42 Å². The van der Waals surface area contributed by atoms with E-state index in [-0.39, 0.29) is 5.91 Å². The zero-order valence-corrected chi connectivity index (χ0v) is 12.0. The average Bonchev–Trinajstić information content (AvgIpc) is 3.12. The third-order valence-electron chi connectivity index (χ3n) is 3.27. The average molecular weight is 285 g/mol. The molecule has 1 N–H and O–H groups in total. The van der Waals surface area contributed by atoms with Gasteiger partial charge in [-0.1, -0.05) is 18.2 Å². The van der Waals surface area contributed by atoms with Crippen LogP contribution in [0.2, 0.25) is 0 Å². The molecular formula is C15H15N3OS. The SMILES string of the molecule is CN(CCc1cn[nH]c1)C(=O)c1cc2ccccc2s1. The van der Waals surface area contributed by atoms with E-state index in [1.807, 2.05) is 43.6 Å². The van der Waals surface area contributed by atoms with Crippen molar-refractivity contribution in [1.29, 1.82) is 0 Å². The predicted molar refractivity (Wildman–Crippen MR) is 81.1 cm³/mol. The first-order valence-electron chi connectivity index (χ1n) is 6.46. The van der Waals surface area contributed by atoms with Gasteiger partial charge in [0.1, 0.15) is 0 Å². The van der Waals surface area contributed by atoms with E-state index in [2.05, 4.69) is 10.2 Å². The maximum Gasteiger partial charge on any atom is 0.263 e. The molecule has 0 bridgehead atoms. The molecule has 0 aliphatic heterocycles. The molecule has 3 rings (SSSR count). The highest BCUT2D eigenvalue weighted by atomic mass is 32.1. The van der Waals surface area contributed by atoms with Crippen LogP contribution in [0.3, 0.4) is 0 Å². The van der Waals surface area contributed by atoms with Gasteiger partial charge in [-0.2, -0.15) is 5.10 Å². The normalized spacial score (nSPS) is 10.8. The lowest BCUT2D eigenvalue weighted by molar-refractivity contribution is 0.0801. The highest BCUT2D eigenvalue weighted by Gasteiger charge is 2.14. The van der Waals surface area contributed by atoms with E-state index in [1.54, 1.807) is 22.4 Å². The van der Waals surface area contributed by atoms with Gasteiger partial charge in [0.25, 0.3) is 5.91 Å². The number of carbonyl (C=O) groups is 1. The number of carbonyl (C=O) groups excluding carboxylic acids is 1. The fourth-order valence-corrected chi connectivity index (χ4v) is 3.15. The molecule has 20 heavy (non-hydrogen) atoms. The standard InChI is InChI=1S/C15H15N3OS/c1-18(7-6-11-9-16-17-10-11)15(19)14-8-12-4-2-3-5-13(12)20-14/h2-5,8-10H,6-7H2,1H3,(H,16,17). The summed E-state index contributed by atoms with van der Waals surface area (Å²) in [5.74, 6) is 0.0784. The van der Waals surface area contributed by atoms with Crippen molar-refractivity contribution in [3.63, 3.8) is 0 Å². The number of amides is 1. The number of benzene rings is 1. The topological polar surface area (TPSA) is 49.0 Å². The van der Waals surface area contributed by atoms with Crippen molar-refractivity contribution in [1.82, 2.24) is 15.1 Å². The Morgan fingerprint density at radius 3 is 3.00 bits per heavy atom. The summed E-state index contributed by atoms with van der Waals surface area (Å²) in [6.45, 7) is 0.687. The number of aromatic nitrogens is 2. The number of nitrogens with one attached hydrogen (secondary N) is 1. The van der Waals surface area contributed by atoms with Crippen molar-refractivity contribution in [2.75, 3.05) is 13.6 Å². The van der Waals surface area contributed by atoms with Gasteiger partial charge in [0, 0.05) is 24.5 Å². The summed E-state index contributed by atoms with van der Waals surface area (Å²) in [6.07, 6.45) is 4.46. The lowest BCUT2D eigenvalue weighted by atomic mass is 10.2. The maximum absolute atomic E-state index is 12.4. The highest BCUT2D eigenvalue weighted by molar-refractivity contribution is 7.20. The lowest BCUT2D eigenvalue weighted by Crippen LogP contribution is -2.28. The van der Waals surface area contributed by atoms with Gasteiger partial charge in [0.05, 0.1) is 11.1 Å². The van der Waals surface area contributed by atoms with Crippen LogP contribution in [0.5, 0.6) is 0 Å². The third-order valence-corrected chi connectivity index (χ3v) is 4.38. The maximum atomic E-state index is 12.4. The molecule has 0 atom stereocenters. The smallest absolute Gasteiger partial charge is 0.263 e. The Labute approximate surface area is 121 Å². The number of thiophene rings is 1.